The molecule has 8 aliphatic rings. The Morgan fingerprint density at radius 1 is 0.633 bits per heavy atom. The van der Waals surface area contributed by atoms with Gasteiger partial charge in [-0.15, -0.1) is 0 Å². The number of halogens is 2. The quantitative estimate of drug-likeness (QED) is 0.178. The van der Waals surface area contributed by atoms with E-state index in [4.69, 9.17) is 41.6 Å². The first-order chi connectivity index (χ1) is 23.4. The van der Waals surface area contributed by atoms with Gasteiger partial charge < -0.3 is 0 Å². The van der Waals surface area contributed by atoms with Gasteiger partial charge in [-0.05, 0) is 12.8 Å². The summed E-state index contributed by atoms with van der Waals surface area (Å²) in [6.07, 6.45) is 12.1. The molecule has 10 heteroatoms. The summed E-state index contributed by atoms with van der Waals surface area (Å²) in [5.41, 5.74) is -0.775. The summed E-state index contributed by atoms with van der Waals surface area (Å²) in [6, 6.07) is 12.7. The Labute approximate surface area is 301 Å². The molecule has 0 amide bonds. The molecule has 266 valence electrons. The summed E-state index contributed by atoms with van der Waals surface area (Å²) in [5.74, 6) is 5.84. The van der Waals surface area contributed by atoms with Crippen LogP contribution in [0.15, 0.2) is 42.5 Å². The molecule has 0 atom stereocenters. The average molecular weight is 827 g/mol. The van der Waals surface area contributed by atoms with Crippen molar-refractivity contribution in [3.8, 4) is 17.2 Å². The Kier molecular flexibility index (Phi) is 9.07. The van der Waals surface area contributed by atoms with E-state index in [0.29, 0.717) is 40.9 Å². The predicted molar refractivity (Wildman–Crippen MR) is 190 cm³/mol. The Morgan fingerprint density at radius 3 is 1.51 bits per heavy atom. The van der Waals surface area contributed by atoms with Gasteiger partial charge in [0.1, 0.15) is 0 Å². The van der Waals surface area contributed by atoms with Crippen molar-refractivity contribution in [2.24, 2.45) is 47.3 Å². The van der Waals surface area contributed by atoms with Crippen LogP contribution in [0.4, 0.5) is 0 Å². The normalized spacial score (nSPS) is 37.1. The van der Waals surface area contributed by atoms with Crippen molar-refractivity contribution in [2.45, 2.75) is 89.3 Å². The summed E-state index contributed by atoms with van der Waals surface area (Å²) in [7, 11) is 15.8. The number of esters is 2. The molecule has 49 heavy (non-hydrogen) atoms. The molecule has 0 unspecified atom stereocenters. The molecule has 0 aliphatic heterocycles. The van der Waals surface area contributed by atoms with Gasteiger partial charge in [-0.3, -0.25) is 0 Å². The van der Waals surface area contributed by atoms with Crippen LogP contribution in [-0.4, -0.2) is 59.4 Å². The summed E-state index contributed by atoms with van der Waals surface area (Å²) in [5, 5.41) is 0. The first-order valence-corrected chi connectivity index (χ1v) is 26.4. The van der Waals surface area contributed by atoms with Crippen molar-refractivity contribution in [1.82, 2.24) is 0 Å². The molecule has 2 aromatic rings. The Morgan fingerprint density at radius 2 is 1.06 bits per heavy atom. The summed E-state index contributed by atoms with van der Waals surface area (Å²) >= 11 is -3.83. The van der Waals surface area contributed by atoms with E-state index in [1.807, 2.05) is 18.2 Å². The van der Waals surface area contributed by atoms with Crippen molar-refractivity contribution in [2.75, 3.05) is 20.3 Å². The van der Waals surface area contributed by atoms with Crippen LogP contribution in [0.3, 0.4) is 0 Å². The number of hydrogen-bond acceptors (Lipinski definition) is 7. The maximum absolute atomic E-state index is 13.0. The summed E-state index contributed by atoms with van der Waals surface area (Å²) < 4.78 is 31.3. The molecule has 0 radical (unpaired) electrons. The van der Waals surface area contributed by atoms with Crippen LogP contribution in [0, 0.1) is 47.3 Å². The first-order valence-electron chi connectivity index (χ1n) is 18.1. The standard InChI is InChI=1S/C39H48Cl2O7Te/c1-38(27-12-23-10-24(14-27)15-28(38)13-23)47-36(42)21-45-31-4-6-32(7-5-31)49(40,41)33-8-9-34(35(20-33)44-3)46-22-37(43)48-39(2)29-16-25-11-26(18-29)19-30(39)17-25/h4-9,20,23-30H,10-19,21-22H2,1-3H3. The van der Waals surface area contributed by atoms with Crippen LogP contribution in [-0.2, 0) is 19.1 Å². The molecular weight excluding hydrogens is 779 g/mol. The van der Waals surface area contributed by atoms with Crippen LogP contribution in [0.1, 0.15) is 78.1 Å². The van der Waals surface area contributed by atoms with Crippen molar-refractivity contribution in [3.05, 3.63) is 42.5 Å². The zero-order valence-corrected chi connectivity index (χ0v) is 32.5. The van der Waals surface area contributed by atoms with E-state index in [0.717, 1.165) is 30.9 Å². The van der Waals surface area contributed by atoms with Gasteiger partial charge in [0, 0.05) is 0 Å². The molecule has 8 bridgehead atoms. The Hall–Kier alpha value is -1.85. The van der Waals surface area contributed by atoms with E-state index >= 15 is 0 Å². The van der Waals surface area contributed by atoms with Crippen molar-refractivity contribution in [3.63, 3.8) is 0 Å². The maximum atomic E-state index is 13.0. The van der Waals surface area contributed by atoms with Crippen LogP contribution < -0.4 is 21.4 Å². The number of benzene rings is 2. The van der Waals surface area contributed by atoms with Gasteiger partial charge in [0.15, 0.2) is 0 Å². The number of rotatable bonds is 11. The van der Waals surface area contributed by atoms with Crippen LogP contribution >= 0.6 is 17.9 Å². The van der Waals surface area contributed by atoms with E-state index in [2.05, 4.69) is 13.8 Å². The Balaban J connectivity index is 0.858. The SMILES string of the molecule is COc1cc([Te](Cl)(Cl)c2ccc(OCC(=O)OC3(C)C4CC5CC(C4)CC3C5)cc2)ccc1OCC(=O)OC1(C)C2CC3CC(C2)CC1C3. The van der Waals surface area contributed by atoms with Crippen LogP contribution in [0.2, 0.25) is 0 Å². The number of methoxy groups -OCH3 is 1. The minimum atomic E-state index is -3.83. The molecule has 8 aliphatic carbocycles. The number of ether oxygens (including phenoxy) is 5. The molecule has 8 saturated carbocycles. The molecule has 0 saturated heterocycles. The van der Waals surface area contributed by atoms with Gasteiger partial charge in [0.05, 0.1) is 0 Å². The third-order valence-electron chi connectivity index (χ3n) is 13.4. The fourth-order valence-corrected chi connectivity index (χ4v) is 17.4. The van der Waals surface area contributed by atoms with E-state index < -0.39 is 21.5 Å². The third-order valence-corrected chi connectivity index (χ3v) is 23.1. The van der Waals surface area contributed by atoms with E-state index in [9.17, 15) is 9.59 Å². The minimum absolute atomic E-state index is 0.136. The average Bonchev–Trinajstić information content (AvgIpc) is 3.07. The van der Waals surface area contributed by atoms with E-state index in [1.54, 1.807) is 31.4 Å². The van der Waals surface area contributed by atoms with Gasteiger partial charge in [0.25, 0.3) is 0 Å². The molecular formula is C39H48Cl2O7Te. The fourth-order valence-electron chi connectivity index (χ4n) is 11.2. The zero-order valence-electron chi connectivity index (χ0n) is 28.7. The molecule has 0 N–H and O–H groups in total. The summed E-state index contributed by atoms with van der Waals surface area (Å²) in [6.45, 7) is 3.95. The number of carbonyl (C=O) groups excluding carboxylic acids is 2. The monoisotopic (exact) mass is 828 g/mol. The van der Waals surface area contributed by atoms with Crippen molar-refractivity contribution >= 4 is 53.0 Å². The van der Waals surface area contributed by atoms with Crippen molar-refractivity contribution in [1.29, 1.82) is 0 Å². The fraction of sp³-hybridized carbons (Fsp3) is 0.641. The van der Waals surface area contributed by atoms with E-state index in [1.165, 1.54) is 64.2 Å². The second kappa shape index (κ2) is 13.0. The topological polar surface area (TPSA) is 80.3 Å². The summed E-state index contributed by atoms with van der Waals surface area (Å²) in [4.78, 5) is 26.0. The molecule has 0 aromatic heterocycles. The zero-order chi connectivity index (χ0) is 34.1. The van der Waals surface area contributed by atoms with Crippen molar-refractivity contribution < 1.29 is 33.3 Å². The first kappa shape index (κ1) is 34.2. The molecule has 0 heterocycles. The van der Waals surface area contributed by atoms with Gasteiger partial charge in [-0.25, -0.2) is 0 Å². The van der Waals surface area contributed by atoms with Gasteiger partial charge in [0.2, 0.25) is 0 Å². The Bertz CT molecular complexity index is 1540. The van der Waals surface area contributed by atoms with Gasteiger partial charge in [-0.2, -0.15) is 0 Å². The number of hydrogen-bond donors (Lipinski definition) is 0. The molecule has 7 nitrogen and oxygen atoms in total. The molecule has 10 rings (SSSR count). The molecule has 0 spiro atoms. The molecule has 8 fully saturated rings. The number of carbonyl (C=O) groups is 2. The van der Waals surface area contributed by atoms with Gasteiger partial charge in [-0.1, -0.05) is 0 Å². The second-order valence-corrected chi connectivity index (χ2v) is 28.9. The predicted octanol–water partition coefficient (Wildman–Crippen LogP) is 7.00. The van der Waals surface area contributed by atoms with E-state index in [-0.39, 0.29) is 30.8 Å². The van der Waals surface area contributed by atoms with Crippen LogP contribution in [0.25, 0.3) is 0 Å². The second-order valence-electron chi connectivity index (χ2n) is 16.3. The molecule has 2 aromatic carbocycles. The third kappa shape index (κ3) is 6.34. The van der Waals surface area contributed by atoms with Gasteiger partial charge >= 0.3 is 290 Å². The van der Waals surface area contributed by atoms with Crippen LogP contribution in [0.5, 0.6) is 17.2 Å².